The molecule has 30 heavy (non-hydrogen) atoms. The van der Waals surface area contributed by atoms with Crippen LogP contribution in [0.4, 0.5) is 5.69 Å². The first-order valence-electron chi connectivity index (χ1n) is 9.78. The number of carbonyl (C=O) groups is 3. The van der Waals surface area contributed by atoms with E-state index < -0.39 is 0 Å². The predicted molar refractivity (Wildman–Crippen MR) is 113 cm³/mol. The number of hydrogen-bond acceptors (Lipinski definition) is 4. The second-order valence-electron chi connectivity index (χ2n) is 7.44. The molecule has 3 amide bonds. The fourth-order valence-corrected chi connectivity index (χ4v) is 4.12. The van der Waals surface area contributed by atoms with Gasteiger partial charge in [0.25, 0.3) is 5.91 Å². The van der Waals surface area contributed by atoms with Gasteiger partial charge in [-0.3, -0.25) is 14.4 Å². The molecule has 1 N–H and O–H groups in total. The topological polar surface area (TPSA) is 79.0 Å². The lowest BCUT2D eigenvalue weighted by Gasteiger charge is -2.36. The largest absolute Gasteiger partial charge is 0.495 e. The Morgan fingerprint density at radius 3 is 2.70 bits per heavy atom. The summed E-state index contributed by atoms with van der Waals surface area (Å²) in [6.07, 6.45) is 1.60. The van der Waals surface area contributed by atoms with Crippen LogP contribution in [0.2, 0.25) is 5.02 Å². The first kappa shape index (κ1) is 20.2. The number of anilines is 1. The highest BCUT2D eigenvalue weighted by Gasteiger charge is 2.41. The number of piperazine rings is 1. The van der Waals surface area contributed by atoms with Crippen molar-refractivity contribution in [2.24, 2.45) is 0 Å². The smallest absolute Gasteiger partial charge is 0.255 e. The second-order valence-corrected chi connectivity index (χ2v) is 7.87. The molecule has 2 saturated heterocycles. The third-order valence-electron chi connectivity index (χ3n) is 5.50. The van der Waals surface area contributed by atoms with Gasteiger partial charge in [-0.25, -0.2) is 0 Å². The Bertz CT molecular complexity index is 992. The molecular formula is C22H22ClN3O4. The van der Waals surface area contributed by atoms with E-state index in [-0.39, 0.29) is 30.3 Å². The van der Waals surface area contributed by atoms with Crippen LogP contribution in [-0.4, -0.2) is 53.8 Å². The molecule has 2 aliphatic rings. The van der Waals surface area contributed by atoms with Gasteiger partial charge < -0.3 is 19.9 Å². The first-order valence-corrected chi connectivity index (χ1v) is 10.2. The Balaban J connectivity index is 1.43. The van der Waals surface area contributed by atoms with Crippen LogP contribution >= 0.6 is 11.6 Å². The van der Waals surface area contributed by atoms with E-state index in [9.17, 15) is 14.4 Å². The number of amides is 3. The number of methoxy groups -OCH3 is 1. The zero-order valence-corrected chi connectivity index (χ0v) is 17.3. The van der Waals surface area contributed by atoms with Gasteiger partial charge in [0.1, 0.15) is 18.3 Å². The van der Waals surface area contributed by atoms with Gasteiger partial charge in [-0.05, 0) is 48.7 Å². The number of benzene rings is 2. The Hall–Kier alpha value is -3.06. The van der Waals surface area contributed by atoms with Crippen LogP contribution in [0.15, 0.2) is 42.5 Å². The monoisotopic (exact) mass is 427 g/mol. The minimum absolute atomic E-state index is 0.00182. The van der Waals surface area contributed by atoms with E-state index in [2.05, 4.69) is 5.32 Å². The number of halogens is 1. The standard InChI is InChI=1S/C22H22ClN3O4/c1-30-19-9-8-16(23)11-17(19)24-21(28)15-6-4-14(5-7-15)12-25-13-20(27)26-10-2-3-18(26)22(25)29/h4-9,11,18H,2-3,10,12-13H2,1H3,(H,24,28)/t18-/m0/s1. The van der Waals surface area contributed by atoms with Gasteiger partial charge in [-0.15, -0.1) is 0 Å². The Morgan fingerprint density at radius 2 is 1.97 bits per heavy atom. The van der Waals surface area contributed by atoms with Crippen molar-refractivity contribution in [3.8, 4) is 5.75 Å². The third kappa shape index (κ3) is 3.98. The fourth-order valence-electron chi connectivity index (χ4n) is 3.95. The Morgan fingerprint density at radius 1 is 1.20 bits per heavy atom. The maximum absolute atomic E-state index is 12.7. The summed E-state index contributed by atoms with van der Waals surface area (Å²) in [4.78, 5) is 40.8. The third-order valence-corrected chi connectivity index (χ3v) is 5.73. The second kappa shape index (κ2) is 8.36. The van der Waals surface area contributed by atoms with E-state index in [1.807, 2.05) is 0 Å². The average molecular weight is 428 g/mol. The van der Waals surface area contributed by atoms with Crippen LogP contribution in [0.3, 0.4) is 0 Å². The van der Waals surface area contributed by atoms with Crippen LogP contribution in [0.25, 0.3) is 0 Å². The van der Waals surface area contributed by atoms with Gasteiger partial charge in [0.15, 0.2) is 0 Å². The molecule has 0 aromatic heterocycles. The number of nitrogens with one attached hydrogen (secondary N) is 1. The summed E-state index contributed by atoms with van der Waals surface area (Å²) in [5, 5.41) is 3.28. The summed E-state index contributed by atoms with van der Waals surface area (Å²) >= 11 is 6.01. The van der Waals surface area contributed by atoms with Gasteiger partial charge in [0, 0.05) is 23.7 Å². The van der Waals surface area contributed by atoms with Gasteiger partial charge in [-0.2, -0.15) is 0 Å². The first-order chi connectivity index (χ1) is 14.5. The SMILES string of the molecule is COc1ccc(Cl)cc1NC(=O)c1ccc(CN2CC(=O)N3CCC[C@H]3C2=O)cc1. The van der Waals surface area contributed by atoms with Crippen LogP contribution in [0.5, 0.6) is 5.75 Å². The molecule has 2 heterocycles. The summed E-state index contributed by atoms with van der Waals surface area (Å²) in [6, 6.07) is 11.7. The van der Waals surface area contributed by atoms with Crippen LogP contribution in [0, 0.1) is 0 Å². The van der Waals surface area contributed by atoms with Gasteiger partial charge in [-0.1, -0.05) is 23.7 Å². The van der Waals surface area contributed by atoms with Crippen molar-refractivity contribution >= 4 is 35.0 Å². The van der Waals surface area contributed by atoms with E-state index in [4.69, 9.17) is 16.3 Å². The molecule has 0 unspecified atom stereocenters. The molecule has 4 rings (SSSR count). The molecular weight excluding hydrogens is 406 g/mol. The number of ether oxygens (including phenoxy) is 1. The molecule has 8 heteroatoms. The van der Waals surface area contributed by atoms with Crippen molar-refractivity contribution in [2.75, 3.05) is 25.5 Å². The summed E-state index contributed by atoms with van der Waals surface area (Å²) < 4.78 is 5.25. The molecule has 0 bridgehead atoms. The average Bonchev–Trinajstić information content (AvgIpc) is 3.23. The highest BCUT2D eigenvalue weighted by Crippen LogP contribution is 2.28. The maximum atomic E-state index is 12.7. The normalized spacial score (nSPS) is 18.4. The van der Waals surface area contributed by atoms with Crippen molar-refractivity contribution < 1.29 is 19.1 Å². The van der Waals surface area contributed by atoms with Crippen molar-refractivity contribution in [3.63, 3.8) is 0 Å². The Labute approximate surface area is 179 Å². The van der Waals surface area contributed by atoms with Gasteiger partial charge >= 0.3 is 0 Å². The van der Waals surface area contributed by atoms with Crippen molar-refractivity contribution in [3.05, 3.63) is 58.6 Å². The number of fused-ring (bicyclic) bond motifs is 1. The van der Waals surface area contributed by atoms with Crippen LogP contribution in [0.1, 0.15) is 28.8 Å². The lowest BCUT2D eigenvalue weighted by atomic mass is 10.1. The van der Waals surface area contributed by atoms with Gasteiger partial charge in [0.2, 0.25) is 11.8 Å². The molecule has 0 spiro atoms. The number of hydrogen-bond donors (Lipinski definition) is 1. The fraction of sp³-hybridized carbons (Fsp3) is 0.318. The summed E-state index contributed by atoms with van der Waals surface area (Å²) in [5.74, 6) is 0.220. The van der Waals surface area contributed by atoms with E-state index in [0.29, 0.717) is 35.1 Å². The van der Waals surface area contributed by atoms with Crippen LogP contribution < -0.4 is 10.1 Å². The predicted octanol–water partition coefficient (Wildman–Crippen LogP) is 2.93. The van der Waals surface area contributed by atoms with Crippen molar-refractivity contribution in [2.45, 2.75) is 25.4 Å². The molecule has 1 atom stereocenters. The van der Waals surface area contributed by atoms with E-state index >= 15 is 0 Å². The zero-order valence-electron chi connectivity index (χ0n) is 16.6. The lowest BCUT2D eigenvalue weighted by Crippen LogP contribution is -2.56. The molecule has 2 aliphatic heterocycles. The molecule has 156 valence electrons. The van der Waals surface area contributed by atoms with E-state index in [1.54, 1.807) is 52.3 Å². The maximum Gasteiger partial charge on any atom is 0.255 e. The summed E-state index contributed by atoms with van der Waals surface area (Å²) in [5.41, 5.74) is 1.81. The molecule has 0 aliphatic carbocycles. The number of nitrogens with zero attached hydrogens (tertiary/aromatic N) is 2. The van der Waals surface area contributed by atoms with Gasteiger partial charge in [0.05, 0.1) is 12.8 Å². The highest BCUT2D eigenvalue weighted by molar-refractivity contribution is 6.31. The van der Waals surface area contributed by atoms with E-state index in [0.717, 1.165) is 18.4 Å². The van der Waals surface area contributed by atoms with Crippen LogP contribution in [-0.2, 0) is 16.1 Å². The molecule has 0 saturated carbocycles. The van der Waals surface area contributed by atoms with E-state index in [1.165, 1.54) is 7.11 Å². The molecule has 0 radical (unpaired) electrons. The zero-order chi connectivity index (χ0) is 21.3. The quantitative estimate of drug-likeness (QED) is 0.795. The van der Waals surface area contributed by atoms with Crippen molar-refractivity contribution in [1.82, 2.24) is 9.80 Å². The number of carbonyl (C=O) groups excluding carboxylic acids is 3. The number of rotatable bonds is 5. The molecule has 2 aromatic carbocycles. The minimum Gasteiger partial charge on any atom is -0.495 e. The Kier molecular flexibility index (Phi) is 5.63. The molecule has 2 fully saturated rings. The lowest BCUT2D eigenvalue weighted by molar-refractivity contribution is -0.154. The molecule has 7 nitrogen and oxygen atoms in total. The van der Waals surface area contributed by atoms with Crippen molar-refractivity contribution in [1.29, 1.82) is 0 Å². The minimum atomic E-state index is -0.316. The highest BCUT2D eigenvalue weighted by atomic mass is 35.5. The summed E-state index contributed by atoms with van der Waals surface area (Å²) in [7, 11) is 1.52. The summed E-state index contributed by atoms with van der Waals surface area (Å²) in [6.45, 7) is 1.12. The molecule has 2 aromatic rings.